The maximum Gasteiger partial charge on any atom is 0.310 e. The third-order valence-corrected chi connectivity index (χ3v) is 1.51. The van der Waals surface area contributed by atoms with Crippen molar-refractivity contribution in [2.24, 2.45) is 11.7 Å². The molecular formula is C8H15NO4. The molecular weight excluding hydrogens is 174 g/mol. The smallest absolute Gasteiger partial charge is 0.310 e. The third-order valence-electron chi connectivity index (χ3n) is 1.51. The van der Waals surface area contributed by atoms with Gasteiger partial charge in [0.25, 0.3) is 0 Å². The van der Waals surface area contributed by atoms with Gasteiger partial charge in [-0.15, -0.1) is 0 Å². The van der Waals surface area contributed by atoms with Gasteiger partial charge in [-0.3, -0.25) is 9.59 Å². The van der Waals surface area contributed by atoms with Gasteiger partial charge in [0.15, 0.2) is 5.78 Å². The van der Waals surface area contributed by atoms with Crippen LogP contribution in [-0.4, -0.2) is 36.6 Å². The Morgan fingerprint density at radius 2 is 2.15 bits per heavy atom. The van der Waals surface area contributed by atoms with Crippen molar-refractivity contribution in [3.05, 3.63) is 0 Å². The summed E-state index contributed by atoms with van der Waals surface area (Å²) in [7, 11) is 0. The highest BCUT2D eigenvalue weighted by molar-refractivity contribution is 5.81. The van der Waals surface area contributed by atoms with Crippen molar-refractivity contribution in [2.75, 3.05) is 19.8 Å². The number of carbonyl (C=O) groups excluding carboxylic acids is 2. The minimum atomic E-state index is -0.522. The molecule has 3 N–H and O–H groups in total. The van der Waals surface area contributed by atoms with Crippen molar-refractivity contribution < 1.29 is 19.4 Å². The number of ketones is 1. The fraction of sp³-hybridized carbons (Fsp3) is 0.750. The lowest BCUT2D eigenvalue weighted by Crippen LogP contribution is -2.27. The number of aliphatic hydroxyl groups excluding tert-OH is 1. The Morgan fingerprint density at radius 1 is 1.54 bits per heavy atom. The second-order valence-electron chi connectivity index (χ2n) is 2.75. The number of aliphatic hydroxyl groups is 1. The van der Waals surface area contributed by atoms with E-state index in [0.29, 0.717) is 0 Å². The summed E-state index contributed by atoms with van der Waals surface area (Å²) < 4.78 is 4.63. The number of carbonyl (C=O) groups is 2. The molecule has 1 unspecified atom stereocenters. The van der Waals surface area contributed by atoms with E-state index in [-0.39, 0.29) is 32.0 Å². The summed E-state index contributed by atoms with van der Waals surface area (Å²) in [6.45, 7) is 1.12. The van der Waals surface area contributed by atoms with Crippen LogP contribution >= 0.6 is 0 Å². The molecule has 0 aliphatic carbocycles. The standard InChI is InChI=1S/C8H15NO4/c1-6(11)5-13-8(12)7(4-9)2-3-10/h7,10H,2-5,9H2,1H3. The molecule has 0 bridgehead atoms. The number of Topliss-reactive ketones (excluding diaryl/α,β-unsaturated/α-hetero) is 1. The zero-order chi connectivity index (χ0) is 10.3. The van der Waals surface area contributed by atoms with E-state index in [2.05, 4.69) is 4.74 Å². The highest BCUT2D eigenvalue weighted by atomic mass is 16.5. The molecule has 5 heteroatoms. The first-order valence-electron chi connectivity index (χ1n) is 4.08. The van der Waals surface area contributed by atoms with E-state index < -0.39 is 11.9 Å². The van der Waals surface area contributed by atoms with E-state index in [1.54, 1.807) is 0 Å². The van der Waals surface area contributed by atoms with Gasteiger partial charge < -0.3 is 15.6 Å². The minimum Gasteiger partial charge on any atom is -0.457 e. The van der Waals surface area contributed by atoms with Crippen molar-refractivity contribution in [2.45, 2.75) is 13.3 Å². The molecule has 0 spiro atoms. The average Bonchev–Trinajstić information content (AvgIpc) is 2.10. The maximum absolute atomic E-state index is 11.1. The number of rotatable bonds is 6. The molecule has 0 fully saturated rings. The van der Waals surface area contributed by atoms with E-state index in [1.807, 2.05) is 0 Å². The van der Waals surface area contributed by atoms with Gasteiger partial charge in [0, 0.05) is 13.2 Å². The van der Waals surface area contributed by atoms with Crippen LogP contribution in [0.3, 0.4) is 0 Å². The maximum atomic E-state index is 11.1. The van der Waals surface area contributed by atoms with Crippen LogP contribution in [0.4, 0.5) is 0 Å². The molecule has 0 aliphatic heterocycles. The van der Waals surface area contributed by atoms with Crippen molar-refractivity contribution in [1.29, 1.82) is 0 Å². The van der Waals surface area contributed by atoms with E-state index in [9.17, 15) is 9.59 Å². The number of ether oxygens (including phenoxy) is 1. The monoisotopic (exact) mass is 189 g/mol. The largest absolute Gasteiger partial charge is 0.457 e. The Morgan fingerprint density at radius 3 is 2.54 bits per heavy atom. The Labute approximate surface area is 76.9 Å². The molecule has 0 aromatic rings. The van der Waals surface area contributed by atoms with Gasteiger partial charge in [0.2, 0.25) is 0 Å². The van der Waals surface area contributed by atoms with Crippen LogP contribution in [-0.2, 0) is 14.3 Å². The average molecular weight is 189 g/mol. The molecule has 0 amide bonds. The summed E-state index contributed by atoms with van der Waals surface area (Å²) in [5.74, 6) is -1.25. The molecule has 1 atom stereocenters. The predicted octanol–water partition coefficient (Wildman–Crippen LogP) is -0.924. The van der Waals surface area contributed by atoms with Gasteiger partial charge in [-0.25, -0.2) is 0 Å². The van der Waals surface area contributed by atoms with Crippen molar-refractivity contribution in [3.8, 4) is 0 Å². The summed E-state index contributed by atoms with van der Waals surface area (Å²) in [5, 5.41) is 8.56. The van der Waals surface area contributed by atoms with Gasteiger partial charge in [-0.05, 0) is 13.3 Å². The van der Waals surface area contributed by atoms with Crippen LogP contribution in [0, 0.1) is 5.92 Å². The summed E-state index contributed by atoms with van der Waals surface area (Å²) in [4.78, 5) is 21.6. The normalized spacial score (nSPS) is 12.2. The molecule has 0 heterocycles. The van der Waals surface area contributed by atoms with Crippen LogP contribution in [0.25, 0.3) is 0 Å². The van der Waals surface area contributed by atoms with Crippen molar-refractivity contribution in [3.63, 3.8) is 0 Å². The van der Waals surface area contributed by atoms with E-state index >= 15 is 0 Å². The van der Waals surface area contributed by atoms with Gasteiger partial charge in [0.05, 0.1) is 5.92 Å². The lowest BCUT2D eigenvalue weighted by atomic mass is 10.1. The molecule has 76 valence electrons. The predicted molar refractivity (Wildman–Crippen MR) is 45.9 cm³/mol. The highest BCUT2D eigenvalue weighted by Gasteiger charge is 2.17. The Kier molecular flexibility index (Phi) is 6.09. The van der Waals surface area contributed by atoms with E-state index in [0.717, 1.165) is 0 Å². The Hall–Kier alpha value is -0.940. The second kappa shape index (κ2) is 6.56. The number of nitrogens with two attached hydrogens (primary N) is 1. The number of hydrogen-bond donors (Lipinski definition) is 2. The van der Waals surface area contributed by atoms with Crippen LogP contribution in [0.5, 0.6) is 0 Å². The Balaban J connectivity index is 3.84. The molecule has 0 aromatic carbocycles. The lowest BCUT2D eigenvalue weighted by Gasteiger charge is -2.11. The Bertz CT molecular complexity index is 181. The first-order chi connectivity index (χ1) is 6.11. The first-order valence-corrected chi connectivity index (χ1v) is 4.08. The summed E-state index contributed by atoms with van der Waals surface area (Å²) >= 11 is 0. The zero-order valence-electron chi connectivity index (χ0n) is 7.66. The van der Waals surface area contributed by atoms with E-state index in [1.165, 1.54) is 6.92 Å². The molecule has 0 saturated carbocycles. The fourth-order valence-electron chi connectivity index (χ4n) is 0.778. The van der Waals surface area contributed by atoms with E-state index in [4.69, 9.17) is 10.8 Å². The summed E-state index contributed by atoms with van der Waals surface area (Å²) in [5.41, 5.74) is 5.27. The molecule has 0 saturated heterocycles. The minimum absolute atomic E-state index is 0.114. The van der Waals surface area contributed by atoms with Gasteiger partial charge in [-0.1, -0.05) is 0 Å². The number of hydrogen-bond acceptors (Lipinski definition) is 5. The van der Waals surface area contributed by atoms with Gasteiger partial charge in [-0.2, -0.15) is 0 Å². The zero-order valence-corrected chi connectivity index (χ0v) is 7.66. The molecule has 0 aliphatic rings. The van der Waals surface area contributed by atoms with Crippen LogP contribution < -0.4 is 5.73 Å². The summed E-state index contributed by atoms with van der Waals surface area (Å²) in [6.07, 6.45) is 0.271. The summed E-state index contributed by atoms with van der Waals surface area (Å²) in [6, 6.07) is 0. The quantitative estimate of drug-likeness (QED) is 0.527. The SMILES string of the molecule is CC(=O)COC(=O)C(CN)CCO. The molecule has 13 heavy (non-hydrogen) atoms. The van der Waals surface area contributed by atoms with Crippen LogP contribution in [0.1, 0.15) is 13.3 Å². The molecule has 0 rings (SSSR count). The highest BCUT2D eigenvalue weighted by Crippen LogP contribution is 2.02. The molecule has 5 nitrogen and oxygen atoms in total. The topological polar surface area (TPSA) is 89.6 Å². The van der Waals surface area contributed by atoms with Gasteiger partial charge in [0.1, 0.15) is 6.61 Å². The second-order valence-corrected chi connectivity index (χ2v) is 2.75. The third kappa shape index (κ3) is 5.32. The van der Waals surface area contributed by atoms with Crippen LogP contribution in [0.2, 0.25) is 0 Å². The van der Waals surface area contributed by atoms with Gasteiger partial charge >= 0.3 is 5.97 Å². The number of esters is 1. The fourth-order valence-corrected chi connectivity index (χ4v) is 0.778. The van der Waals surface area contributed by atoms with Crippen molar-refractivity contribution >= 4 is 11.8 Å². The molecule has 0 aromatic heterocycles. The molecule has 0 radical (unpaired) electrons. The lowest BCUT2D eigenvalue weighted by molar-refractivity contribution is -0.151. The van der Waals surface area contributed by atoms with Crippen molar-refractivity contribution in [1.82, 2.24) is 0 Å². The first kappa shape index (κ1) is 12.1. The van der Waals surface area contributed by atoms with Crippen LogP contribution in [0.15, 0.2) is 0 Å².